The number of rotatable bonds is 11. The number of methoxy groups -OCH3 is 1. The zero-order chi connectivity index (χ0) is 31.6. The Morgan fingerprint density at radius 2 is 1.67 bits per heavy atom. The van der Waals surface area contributed by atoms with Gasteiger partial charge in [0.15, 0.2) is 5.89 Å². The molecule has 0 atom stereocenters. The fraction of sp³-hybridized carbons (Fsp3) is 0.600. The Hall–Kier alpha value is -3.27. The Bertz CT molecular complexity index is 1580. The third-order valence-electron chi connectivity index (χ3n) is 10.1. The van der Waals surface area contributed by atoms with Crippen molar-refractivity contribution in [2.24, 2.45) is 17.8 Å². The molecule has 1 amide bonds. The molecule has 45 heavy (non-hydrogen) atoms. The van der Waals surface area contributed by atoms with Crippen molar-refractivity contribution in [1.29, 1.82) is 0 Å². The molecule has 0 saturated heterocycles. The lowest BCUT2D eigenvalue weighted by molar-refractivity contribution is -0.123. The van der Waals surface area contributed by atoms with Crippen molar-refractivity contribution in [3.8, 4) is 17.0 Å². The number of aryl methyl sites for hydroxylation is 1. The third kappa shape index (κ3) is 7.94. The summed E-state index contributed by atoms with van der Waals surface area (Å²) in [7, 11) is -1.30. The lowest BCUT2D eigenvalue weighted by atomic mass is 9.79. The van der Waals surface area contributed by atoms with Crippen molar-refractivity contribution < 1.29 is 22.4 Å². The fourth-order valence-electron chi connectivity index (χ4n) is 7.17. The Balaban J connectivity index is 1.16. The first-order valence-corrected chi connectivity index (χ1v) is 18.7. The van der Waals surface area contributed by atoms with Gasteiger partial charge in [0.25, 0.3) is 0 Å². The molecule has 6 rings (SSSR count). The van der Waals surface area contributed by atoms with E-state index in [1.54, 1.807) is 19.6 Å². The van der Waals surface area contributed by atoms with Gasteiger partial charge in [0.1, 0.15) is 33.4 Å². The number of hydrogen-bond donors (Lipinski definition) is 0. The van der Waals surface area contributed by atoms with Gasteiger partial charge in [0, 0.05) is 48.0 Å². The molecular formula is C35H46N4O5S. The summed E-state index contributed by atoms with van der Waals surface area (Å²) in [4.78, 5) is 30.5. The number of carbonyl (C=O) groups is 1. The maximum absolute atomic E-state index is 14.3. The summed E-state index contributed by atoms with van der Waals surface area (Å²) in [5, 5.41) is 0. The molecule has 3 aromatic rings. The normalized spacial score (nSPS) is 23.9. The average molecular weight is 635 g/mol. The fourth-order valence-corrected chi connectivity index (χ4v) is 7.93. The van der Waals surface area contributed by atoms with E-state index in [9.17, 15) is 13.2 Å². The van der Waals surface area contributed by atoms with Crippen LogP contribution in [-0.4, -0.2) is 54.9 Å². The molecule has 0 unspecified atom stereocenters. The molecule has 242 valence electrons. The van der Waals surface area contributed by atoms with E-state index >= 15 is 0 Å². The molecule has 3 aromatic heterocycles. The number of ether oxygens (including phenoxy) is 1. The van der Waals surface area contributed by atoms with Crippen LogP contribution in [0.1, 0.15) is 99.7 Å². The van der Waals surface area contributed by atoms with Crippen molar-refractivity contribution in [3.63, 3.8) is 0 Å². The Labute approximate surface area is 267 Å². The Kier molecular flexibility index (Phi) is 9.59. The maximum atomic E-state index is 14.3. The third-order valence-corrected chi connectivity index (χ3v) is 11.1. The number of hydrogen-bond acceptors (Lipinski definition) is 8. The summed E-state index contributed by atoms with van der Waals surface area (Å²) in [6.45, 7) is 2.63. The monoisotopic (exact) mass is 634 g/mol. The van der Waals surface area contributed by atoms with Crippen LogP contribution in [0.4, 0.5) is 5.82 Å². The van der Waals surface area contributed by atoms with Crippen LogP contribution in [-0.2, 0) is 14.6 Å². The molecule has 10 heteroatoms. The lowest BCUT2D eigenvalue weighted by Gasteiger charge is -2.35. The van der Waals surface area contributed by atoms with Gasteiger partial charge >= 0.3 is 0 Å². The molecule has 9 nitrogen and oxygen atoms in total. The van der Waals surface area contributed by atoms with Gasteiger partial charge in [-0.2, -0.15) is 0 Å². The topological polar surface area (TPSA) is 115 Å². The lowest BCUT2D eigenvalue weighted by Crippen LogP contribution is -2.42. The van der Waals surface area contributed by atoms with Crippen molar-refractivity contribution in [2.45, 2.75) is 89.4 Å². The van der Waals surface area contributed by atoms with Gasteiger partial charge in [0.05, 0.1) is 18.6 Å². The van der Waals surface area contributed by atoms with E-state index in [2.05, 4.69) is 6.07 Å². The molecule has 3 heterocycles. The van der Waals surface area contributed by atoms with Gasteiger partial charge in [-0.1, -0.05) is 0 Å². The molecule has 0 radical (unpaired) electrons. The number of nitrogens with zero attached hydrogens (tertiary/aromatic N) is 4. The number of carbonyl (C=O) groups excluding carboxylic acids is 1. The number of anilines is 1. The van der Waals surface area contributed by atoms with Crippen molar-refractivity contribution in [3.05, 3.63) is 54.0 Å². The molecule has 3 saturated carbocycles. The molecule has 0 aromatic carbocycles. The highest BCUT2D eigenvalue weighted by molar-refractivity contribution is 7.90. The van der Waals surface area contributed by atoms with E-state index in [0.29, 0.717) is 42.5 Å². The number of aromatic nitrogens is 3. The zero-order valence-corrected chi connectivity index (χ0v) is 27.6. The molecule has 3 fully saturated rings. The van der Waals surface area contributed by atoms with E-state index in [1.165, 1.54) is 6.26 Å². The SMILES string of the molecule is COc1ccc(C2CCC(CN(C(=O)C3CCC(CCS(C)(=O)=O)CC3)c3cc(-c4coc(C5CC5)n4)ccn3)CC2)nc1C. The highest BCUT2D eigenvalue weighted by Gasteiger charge is 2.34. The van der Waals surface area contributed by atoms with E-state index in [0.717, 1.165) is 98.5 Å². The minimum absolute atomic E-state index is 0.0822. The summed E-state index contributed by atoms with van der Waals surface area (Å²) in [5.41, 5.74) is 3.73. The number of oxazole rings is 1. The van der Waals surface area contributed by atoms with Gasteiger partial charge in [-0.3, -0.25) is 14.7 Å². The molecule has 0 N–H and O–H groups in total. The predicted molar refractivity (Wildman–Crippen MR) is 174 cm³/mol. The Morgan fingerprint density at radius 1 is 0.956 bits per heavy atom. The highest BCUT2D eigenvalue weighted by atomic mass is 32.2. The van der Waals surface area contributed by atoms with Crippen molar-refractivity contribution in [1.82, 2.24) is 15.0 Å². The summed E-state index contributed by atoms with van der Waals surface area (Å²) in [5.74, 6) is 4.12. The largest absolute Gasteiger partial charge is 0.495 e. The van der Waals surface area contributed by atoms with Crippen LogP contribution in [0.5, 0.6) is 5.75 Å². The molecule has 0 spiro atoms. The van der Waals surface area contributed by atoms with Crippen LogP contribution in [0.15, 0.2) is 41.1 Å². The van der Waals surface area contributed by atoms with Crippen molar-refractivity contribution >= 4 is 21.6 Å². The summed E-state index contributed by atoms with van der Waals surface area (Å²) < 4.78 is 34.6. The summed E-state index contributed by atoms with van der Waals surface area (Å²) in [6.07, 6.45) is 15.2. The van der Waals surface area contributed by atoms with E-state index < -0.39 is 9.84 Å². The second-order valence-corrected chi connectivity index (χ2v) is 15.8. The van der Waals surface area contributed by atoms with E-state index in [-0.39, 0.29) is 17.6 Å². The molecule has 3 aliphatic rings. The van der Waals surface area contributed by atoms with Crippen LogP contribution in [0.3, 0.4) is 0 Å². The van der Waals surface area contributed by atoms with Crippen LogP contribution < -0.4 is 9.64 Å². The molecule has 3 aliphatic carbocycles. The zero-order valence-electron chi connectivity index (χ0n) is 26.8. The van der Waals surface area contributed by atoms with Gasteiger partial charge in [-0.15, -0.1) is 0 Å². The van der Waals surface area contributed by atoms with Gasteiger partial charge < -0.3 is 9.15 Å². The quantitative estimate of drug-likeness (QED) is 0.224. The average Bonchev–Trinajstić information content (AvgIpc) is 3.78. The highest BCUT2D eigenvalue weighted by Crippen LogP contribution is 2.41. The van der Waals surface area contributed by atoms with E-state index in [1.807, 2.05) is 30.0 Å². The Morgan fingerprint density at radius 3 is 2.33 bits per heavy atom. The predicted octanol–water partition coefficient (Wildman–Crippen LogP) is 6.87. The first-order valence-electron chi connectivity index (χ1n) is 16.6. The second-order valence-electron chi connectivity index (χ2n) is 13.6. The first kappa shape index (κ1) is 31.7. The van der Waals surface area contributed by atoms with Gasteiger partial charge in [0.2, 0.25) is 5.91 Å². The second kappa shape index (κ2) is 13.6. The molecule has 0 aliphatic heterocycles. The van der Waals surface area contributed by atoms with E-state index in [4.69, 9.17) is 24.1 Å². The molecular weight excluding hydrogens is 588 g/mol. The van der Waals surface area contributed by atoms with Gasteiger partial charge in [-0.25, -0.2) is 18.4 Å². The molecule has 0 bridgehead atoms. The van der Waals surface area contributed by atoms with Crippen molar-refractivity contribution in [2.75, 3.05) is 30.6 Å². The van der Waals surface area contributed by atoms with Crippen LogP contribution >= 0.6 is 0 Å². The minimum atomic E-state index is -2.98. The summed E-state index contributed by atoms with van der Waals surface area (Å²) in [6, 6.07) is 8.02. The standard InChI is InChI=1S/C35H46N4O5S/c1-23-32(43-2)15-14-30(37-23)26-8-6-25(7-9-26)21-39(35(40)28-10-4-24(5-11-28)17-19-45(3,41)42)33-20-29(16-18-36-33)31-22-44-34(38-31)27-12-13-27/h14-16,18,20,22,24-28H,4-13,17,19,21H2,1-3H3. The number of sulfone groups is 1. The van der Waals surface area contributed by atoms with Crippen LogP contribution in [0.2, 0.25) is 0 Å². The summed E-state index contributed by atoms with van der Waals surface area (Å²) >= 11 is 0. The minimum Gasteiger partial charge on any atom is -0.495 e. The first-order chi connectivity index (χ1) is 21.7. The number of amides is 1. The number of pyridine rings is 2. The van der Waals surface area contributed by atoms with Crippen LogP contribution in [0, 0.1) is 24.7 Å². The maximum Gasteiger partial charge on any atom is 0.231 e. The van der Waals surface area contributed by atoms with Gasteiger partial charge in [-0.05, 0) is 114 Å². The smallest absolute Gasteiger partial charge is 0.231 e. The van der Waals surface area contributed by atoms with Crippen LogP contribution in [0.25, 0.3) is 11.3 Å².